The van der Waals surface area contributed by atoms with E-state index in [1.165, 1.54) is 11.0 Å². The van der Waals surface area contributed by atoms with E-state index in [1.54, 1.807) is 31.3 Å². The van der Waals surface area contributed by atoms with Crippen molar-refractivity contribution in [3.05, 3.63) is 54.6 Å². The minimum absolute atomic E-state index is 0.0217. The molecular formula is C15H18N2O2. The van der Waals surface area contributed by atoms with Crippen LogP contribution in [0.1, 0.15) is 6.92 Å². The van der Waals surface area contributed by atoms with Gasteiger partial charge in [-0.15, -0.1) is 0 Å². The molecule has 0 fully saturated rings. The molecule has 2 amide bonds. The number of carbonyl (C=O) groups is 2. The zero-order valence-corrected chi connectivity index (χ0v) is 11.2. The van der Waals surface area contributed by atoms with Crippen LogP contribution in [-0.2, 0) is 9.59 Å². The van der Waals surface area contributed by atoms with Crippen molar-refractivity contribution in [1.29, 1.82) is 0 Å². The molecule has 4 heteroatoms. The van der Waals surface area contributed by atoms with Gasteiger partial charge < -0.3 is 10.2 Å². The molecule has 0 aliphatic heterocycles. The Bertz CT molecular complexity index is 478. The third-order valence-electron chi connectivity index (χ3n) is 2.36. The van der Waals surface area contributed by atoms with Crippen LogP contribution in [-0.4, -0.2) is 30.3 Å². The van der Waals surface area contributed by atoms with Gasteiger partial charge >= 0.3 is 0 Å². The Hall–Kier alpha value is -2.36. The summed E-state index contributed by atoms with van der Waals surface area (Å²) in [6, 6.07) is 9.14. The van der Waals surface area contributed by atoms with Gasteiger partial charge in [-0.1, -0.05) is 36.4 Å². The molecule has 0 radical (unpaired) electrons. The normalized spacial score (nSPS) is 10.8. The van der Waals surface area contributed by atoms with Crippen LogP contribution in [0.2, 0.25) is 0 Å². The number of nitrogens with zero attached hydrogens (tertiary/aromatic N) is 1. The number of likely N-dealkylation sites (N-methyl/N-ethyl adjacent to an activating group) is 1. The van der Waals surface area contributed by atoms with Crippen molar-refractivity contribution in [2.24, 2.45) is 0 Å². The second kappa shape index (κ2) is 7.87. The Morgan fingerprint density at radius 2 is 1.89 bits per heavy atom. The van der Waals surface area contributed by atoms with E-state index in [2.05, 4.69) is 5.32 Å². The van der Waals surface area contributed by atoms with Crippen LogP contribution >= 0.6 is 0 Å². The fourth-order valence-electron chi connectivity index (χ4n) is 1.39. The van der Waals surface area contributed by atoms with Crippen molar-refractivity contribution in [3.63, 3.8) is 0 Å². The molecular weight excluding hydrogens is 240 g/mol. The first-order chi connectivity index (χ1) is 9.13. The van der Waals surface area contributed by atoms with Gasteiger partial charge in [0.1, 0.15) is 0 Å². The van der Waals surface area contributed by atoms with Gasteiger partial charge in [-0.2, -0.15) is 0 Å². The van der Waals surface area contributed by atoms with Gasteiger partial charge in [0, 0.05) is 18.8 Å². The summed E-state index contributed by atoms with van der Waals surface area (Å²) in [5, 5.41) is 2.72. The minimum atomic E-state index is -0.221. The Kier molecular flexibility index (Phi) is 6.09. The van der Waals surface area contributed by atoms with Crippen LogP contribution in [0.25, 0.3) is 0 Å². The molecule has 19 heavy (non-hydrogen) atoms. The van der Waals surface area contributed by atoms with E-state index in [0.29, 0.717) is 0 Å². The number of nitrogens with one attached hydrogen (secondary N) is 1. The average molecular weight is 258 g/mol. The second-order valence-corrected chi connectivity index (χ2v) is 3.99. The summed E-state index contributed by atoms with van der Waals surface area (Å²) in [5.74, 6) is -0.428. The minimum Gasteiger partial charge on any atom is -0.333 e. The van der Waals surface area contributed by atoms with Crippen LogP contribution in [0.15, 0.2) is 54.6 Å². The van der Waals surface area contributed by atoms with Crippen molar-refractivity contribution >= 4 is 17.5 Å². The van der Waals surface area contributed by atoms with Gasteiger partial charge in [0.15, 0.2) is 0 Å². The highest BCUT2D eigenvalue weighted by Gasteiger charge is 2.10. The van der Waals surface area contributed by atoms with E-state index in [1.807, 2.05) is 31.2 Å². The highest BCUT2D eigenvalue weighted by molar-refractivity contribution is 5.96. The highest BCUT2D eigenvalue weighted by atomic mass is 16.2. The lowest BCUT2D eigenvalue weighted by molar-refractivity contribution is -0.129. The molecule has 1 aromatic carbocycles. The smallest absolute Gasteiger partial charge is 0.246 e. The Morgan fingerprint density at radius 1 is 1.21 bits per heavy atom. The first-order valence-electron chi connectivity index (χ1n) is 6.03. The molecule has 0 heterocycles. The van der Waals surface area contributed by atoms with Crippen LogP contribution in [0, 0.1) is 0 Å². The number of anilines is 1. The van der Waals surface area contributed by atoms with Gasteiger partial charge in [0.25, 0.3) is 0 Å². The fourth-order valence-corrected chi connectivity index (χ4v) is 1.39. The summed E-state index contributed by atoms with van der Waals surface area (Å²) >= 11 is 0. The molecule has 4 nitrogen and oxygen atoms in total. The number of hydrogen-bond acceptors (Lipinski definition) is 2. The first-order valence-corrected chi connectivity index (χ1v) is 6.03. The Balaban J connectivity index is 2.46. The largest absolute Gasteiger partial charge is 0.333 e. The highest BCUT2D eigenvalue weighted by Crippen LogP contribution is 2.04. The lowest BCUT2D eigenvalue weighted by Gasteiger charge is -2.14. The molecule has 0 aromatic heterocycles. The zero-order chi connectivity index (χ0) is 14.1. The van der Waals surface area contributed by atoms with E-state index >= 15 is 0 Å². The zero-order valence-electron chi connectivity index (χ0n) is 11.2. The number of carbonyl (C=O) groups excluding carboxylic acids is 2. The third kappa shape index (κ3) is 5.68. The lowest BCUT2D eigenvalue weighted by atomic mass is 10.3. The third-order valence-corrected chi connectivity index (χ3v) is 2.36. The Labute approximate surface area is 113 Å². The molecule has 0 atom stereocenters. The molecule has 0 unspecified atom stereocenters. The number of hydrogen-bond donors (Lipinski definition) is 1. The van der Waals surface area contributed by atoms with E-state index in [-0.39, 0.29) is 18.4 Å². The Morgan fingerprint density at radius 3 is 2.53 bits per heavy atom. The molecule has 0 spiro atoms. The molecule has 0 aliphatic carbocycles. The maximum absolute atomic E-state index is 11.7. The van der Waals surface area contributed by atoms with E-state index in [0.717, 1.165) is 5.69 Å². The van der Waals surface area contributed by atoms with E-state index < -0.39 is 0 Å². The fraction of sp³-hybridized carbons (Fsp3) is 0.200. The predicted molar refractivity (Wildman–Crippen MR) is 76.7 cm³/mol. The number of benzene rings is 1. The summed E-state index contributed by atoms with van der Waals surface area (Å²) < 4.78 is 0. The first kappa shape index (κ1) is 14.7. The van der Waals surface area contributed by atoms with Crippen molar-refractivity contribution < 1.29 is 9.59 Å². The van der Waals surface area contributed by atoms with Crippen LogP contribution < -0.4 is 5.32 Å². The average Bonchev–Trinajstić information content (AvgIpc) is 2.39. The van der Waals surface area contributed by atoms with Crippen LogP contribution in [0.4, 0.5) is 5.69 Å². The van der Waals surface area contributed by atoms with Gasteiger partial charge in [-0.05, 0) is 19.1 Å². The molecule has 0 saturated carbocycles. The quantitative estimate of drug-likeness (QED) is 0.650. The number of para-hydroxylation sites is 1. The molecule has 0 bridgehead atoms. The maximum Gasteiger partial charge on any atom is 0.246 e. The summed E-state index contributed by atoms with van der Waals surface area (Å²) in [7, 11) is 1.59. The van der Waals surface area contributed by atoms with Crippen LogP contribution in [0.5, 0.6) is 0 Å². The molecule has 0 aliphatic rings. The van der Waals surface area contributed by atoms with Crippen molar-refractivity contribution in [1.82, 2.24) is 4.90 Å². The van der Waals surface area contributed by atoms with Gasteiger partial charge in [-0.25, -0.2) is 0 Å². The summed E-state index contributed by atoms with van der Waals surface area (Å²) in [6.07, 6.45) is 6.66. The summed E-state index contributed by atoms with van der Waals surface area (Å²) in [5.41, 5.74) is 0.720. The maximum atomic E-state index is 11.7. The SMILES string of the molecule is CC=CC=CC(=O)N(C)CC(=O)Nc1ccccc1. The van der Waals surface area contributed by atoms with E-state index in [9.17, 15) is 9.59 Å². The second-order valence-electron chi connectivity index (χ2n) is 3.99. The monoisotopic (exact) mass is 258 g/mol. The predicted octanol–water partition coefficient (Wildman–Crippen LogP) is 2.22. The number of rotatable bonds is 5. The van der Waals surface area contributed by atoms with E-state index in [4.69, 9.17) is 0 Å². The number of allylic oxidation sites excluding steroid dienone is 3. The summed E-state index contributed by atoms with van der Waals surface area (Å²) in [4.78, 5) is 24.7. The molecule has 1 aromatic rings. The molecule has 100 valence electrons. The number of amides is 2. The van der Waals surface area contributed by atoms with Crippen molar-refractivity contribution in [3.8, 4) is 0 Å². The molecule has 1 N–H and O–H groups in total. The standard InChI is InChI=1S/C15H18N2O2/c1-3-4-6-11-15(19)17(2)12-14(18)16-13-9-7-5-8-10-13/h3-11H,12H2,1-2H3,(H,16,18). The van der Waals surface area contributed by atoms with Crippen molar-refractivity contribution in [2.45, 2.75) is 6.92 Å². The van der Waals surface area contributed by atoms with Crippen LogP contribution in [0.3, 0.4) is 0 Å². The summed E-state index contributed by atoms with van der Waals surface area (Å²) in [6.45, 7) is 1.89. The topological polar surface area (TPSA) is 49.4 Å². The van der Waals surface area contributed by atoms with Gasteiger partial charge in [0.2, 0.25) is 11.8 Å². The van der Waals surface area contributed by atoms with Gasteiger partial charge in [0.05, 0.1) is 6.54 Å². The van der Waals surface area contributed by atoms with Crippen molar-refractivity contribution in [2.75, 3.05) is 18.9 Å². The molecule has 0 saturated heterocycles. The molecule has 1 rings (SSSR count). The lowest BCUT2D eigenvalue weighted by Crippen LogP contribution is -2.33. The van der Waals surface area contributed by atoms with Gasteiger partial charge in [-0.3, -0.25) is 9.59 Å².